The molecule has 24 heavy (non-hydrogen) atoms. The molecule has 1 saturated heterocycles. The quantitative estimate of drug-likeness (QED) is 0.833. The maximum absolute atomic E-state index is 12.5. The van der Waals surface area contributed by atoms with Crippen LogP contribution in [0.2, 0.25) is 0 Å². The molecule has 1 aromatic rings. The summed E-state index contributed by atoms with van der Waals surface area (Å²) in [6, 6.07) is 7.15. The Kier molecular flexibility index (Phi) is 5.92. The Labute approximate surface area is 140 Å². The zero-order chi connectivity index (χ0) is 17.7. The molecule has 1 heterocycles. The molecular formula is C17H22N2O5. The van der Waals surface area contributed by atoms with E-state index in [9.17, 15) is 14.4 Å². The van der Waals surface area contributed by atoms with Crippen molar-refractivity contribution in [3.63, 3.8) is 0 Å². The number of nitrogens with one attached hydrogen (secondary N) is 1. The van der Waals surface area contributed by atoms with Gasteiger partial charge in [-0.1, -0.05) is 29.8 Å². The Hall–Kier alpha value is -2.41. The van der Waals surface area contributed by atoms with Gasteiger partial charge in [-0.25, -0.2) is 4.79 Å². The molecule has 130 valence electrons. The molecule has 0 radical (unpaired) electrons. The van der Waals surface area contributed by atoms with E-state index < -0.39 is 18.1 Å². The third kappa shape index (κ3) is 4.79. The molecule has 2 N–H and O–H groups in total. The number of ether oxygens (including phenoxy) is 1. The lowest BCUT2D eigenvalue weighted by Crippen LogP contribution is -2.49. The fourth-order valence-electron chi connectivity index (χ4n) is 2.63. The predicted molar refractivity (Wildman–Crippen MR) is 86.3 cm³/mol. The summed E-state index contributed by atoms with van der Waals surface area (Å²) in [5.41, 5.74) is 1.93. The summed E-state index contributed by atoms with van der Waals surface area (Å²) < 4.78 is 5.12. The van der Waals surface area contributed by atoms with Crippen LogP contribution in [-0.2, 0) is 19.1 Å². The fourth-order valence-corrected chi connectivity index (χ4v) is 2.63. The Morgan fingerprint density at radius 2 is 2.00 bits per heavy atom. The molecular weight excluding hydrogens is 312 g/mol. The van der Waals surface area contributed by atoms with Gasteiger partial charge in [0.15, 0.2) is 6.10 Å². The summed E-state index contributed by atoms with van der Waals surface area (Å²) >= 11 is 0. The standard InChI is InChI=1S/C17H22N2O5/c1-11-3-5-13(6-4-11)14(18-12(2)20)9-16(21)19-7-8-24-15(10-19)17(22)23/h3-6,14-15H,7-10H2,1-2H3,(H,18,20)(H,22,23)/t14-,15-/m0/s1. The number of benzene rings is 1. The number of carboxylic acids is 1. The van der Waals surface area contributed by atoms with Gasteiger partial charge in [0.05, 0.1) is 25.6 Å². The number of nitrogens with zero attached hydrogens (tertiary/aromatic N) is 1. The number of rotatable bonds is 5. The van der Waals surface area contributed by atoms with E-state index in [0.29, 0.717) is 6.54 Å². The highest BCUT2D eigenvalue weighted by molar-refractivity contribution is 5.80. The number of carboxylic acid groups (broad SMARTS) is 1. The van der Waals surface area contributed by atoms with E-state index >= 15 is 0 Å². The van der Waals surface area contributed by atoms with Crippen LogP contribution >= 0.6 is 0 Å². The first kappa shape index (κ1) is 17.9. The number of carbonyl (C=O) groups is 3. The van der Waals surface area contributed by atoms with Crippen LogP contribution in [0.15, 0.2) is 24.3 Å². The van der Waals surface area contributed by atoms with Crippen LogP contribution in [0.25, 0.3) is 0 Å². The second kappa shape index (κ2) is 7.92. The predicted octanol–water partition coefficient (Wildman–Crippen LogP) is 0.874. The van der Waals surface area contributed by atoms with E-state index in [1.807, 2.05) is 31.2 Å². The zero-order valence-electron chi connectivity index (χ0n) is 13.8. The number of amides is 2. The molecule has 0 unspecified atom stereocenters. The lowest BCUT2D eigenvalue weighted by molar-refractivity contribution is -0.159. The molecule has 0 saturated carbocycles. The van der Waals surface area contributed by atoms with Crippen LogP contribution < -0.4 is 5.32 Å². The maximum atomic E-state index is 12.5. The van der Waals surface area contributed by atoms with E-state index in [1.165, 1.54) is 11.8 Å². The Morgan fingerprint density at radius 1 is 1.33 bits per heavy atom. The van der Waals surface area contributed by atoms with Crippen molar-refractivity contribution in [1.29, 1.82) is 0 Å². The van der Waals surface area contributed by atoms with E-state index in [4.69, 9.17) is 9.84 Å². The van der Waals surface area contributed by atoms with Crippen molar-refractivity contribution in [2.45, 2.75) is 32.4 Å². The fraction of sp³-hybridized carbons (Fsp3) is 0.471. The zero-order valence-corrected chi connectivity index (χ0v) is 13.8. The van der Waals surface area contributed by atoms with Gasteiger partial charge in [-0.05, 0) is 12.5 Å². The van der Waals surface area contributed by atoms with Crippen molar-refractivity contribution < 1.29 is 24.2 Å². The van der Waals surface area contributed by atoms with Crippen LogP contribution in [0.1, 0.15) is 30.5 Å². The summed E-state index contributed by atoms with van der Waals surface area (Å²) in [4.78, 5) is 36.5. The summed E-state index contributed by atoms with van der Waals surface area (Å²) in [7, 11) is 0. The molecule has 0 aromatic heterocycles. The number of hydrogen-bond acceptors (Lipinski definition) is 4. The van der Waals surface area contributed by atoms with Crippen molar-refractivity contribution in [1.82, 2.24) is 10.2 Å². The first-order valence-corrected chi connectivity index (χ1v) is 7.82. The average molecular weight is 334 g/mol. The second-order valence-corrected chi connectivity index (χ2v) is 5.91. The van der Waals surface area contributed by atoms with Gasteiger partial charge >= 0.3 is 5.97 Å². The lowest BCUT2D eigenvalue weighted by atomic mass is 10.0. The average Bonchev–Trinajstić information content (AvgIpc) is 2.54. The Bertz CT molecular complexity index is 614. The summed E-state index contributed by atoms with van der Waals surface area (Å²) in [6.07, 6.45) is -0.920. The van der Waals surface area contributed by atoms with Crippen LogP contribution in [0.3, 0.4) is 0 Å². The first-order valence-electron chi connectivity index (χ1n) is 7.82. The largest absolute Gasteiger partial charge is 0.479 e. The third-order valence-electron chi connectivity index (χ3n) is 3.93. The lowest BCUT2D eigenvalue weighted by Gasteiger charge is -2.32. The molecule has 1 fully saturated rings. The highest BCUT2D eigenvalue weighted by atomic mass is 16.5. The molecule has 2 amide bonds. The smallest absolute Gasteiger partial charge is 0.334 e. The Morgan fingerprint density at radius 3 is 2.58 bits per heavy atom. The number of aliphatic carboxylic acids is 1. The van der Waals surface area contributed by atoms with Crippen LogP contribution in [0, 0.1) is 6.92 Å². The van der Waals surface area contributed by atoms with Crippen LogP contribution in [0.4, 0.5) is 0 Å². The Balaban J connectivity index is 2.08. The topological polar surface area (TPSA) is 95.9 Å². The van der Waals surface area contributed by atoms with Gasteiger partial charge in [0.25, 0.3) is 0 Å². The minimum absolute atomic E-state index is 0.0227. The molecule has 7 heteroatoms. The molecule has 0 spiro atoms. The highest BCUT2D eigenvalue weighted by Crippen LogP contribution is 2.20. The van der Waals surface area contributed by atoms with E-state index in [1.54, 1.807) is 0 Å². The molecule has 1 aliphatic rings. The van der Waals surface area contributed by atoms with E-state index in [-0.39, 0.29) is 31.4 Å². The highest BCUT2D eigenvalue weighted by Gasteiger charge is 2.30. The number of morpholine rings is 1. The first-order chi connectivity index (χ1) is 11.4. The molecule has 1 aromatic carbocycles. The number of aryl methyl sites for hydroxylation is 1. The van der Waals surface area contributed by atoms with Gasteiger partial charge in [-0.15, -0.1) is 0 Å². The van der Waals surface area contributed by atoms with Gasteiger partial charge in [0.2, 0.25) is 11.8 Å². The molecule has 7 nitrogen and oxygen atoms in total. The van der Waals surface area contributed by atoms with E-state index in [2.05, 4.69) is 5.32 Å². The van der Waals surface area contributed by atoms with Crippen molar-refractivity contribution in [3.05, 3.63) is 35.4 Å². The maximum Gasteiger partial charge on any atom is 0.334 e. The summed E-state index contributed by atoms with van der Waals surface area (Å²) in [5.74, 6) is -1.51. The normalized spacial score (nSPS) is 18.8. The van der Waals surface area contributed by atoms with Crippen molar-refractivity contribution in [2.75, 3.05) is 19.7 Å². The van der Waals surface area contributed by atoms with Crippen molar-refractivity contribution >= 4 is 17.8 Å². The SMILES string of the molecule is CC(=O)N[C@@H](CC(=O)N1CCO[C@H](C(=O)O)C1)c1ccc(C)cc1. The van der Waals surface area contributed by atoms with Gasteiger partial charge in [0.1, 0.15) is 0 Å². The molecule has 2 atom stereocenters. The van der Waals surface area contributed by atoms with Crippen molar-refractivity contribution in [2.24, 2.45) is 0 Å². The summed E-state index contributed by atoms with van der Waals surface area (Å²) in [5, 5.41) is 11.8. The van der Waals surface area contributed by atoms with Crippen LogP contribution in [-0.4, -0.2) is 53.6 Å². The third-order valence-corrected chi connectivity index (χ3v) is 3.93. The number of carbonyl (C=O) groups excluding carboxylic acids is 2. The second-order valence-electron chi connectivity index (χ2n) is 5.91. The van der Waals surface area contributed by atoms with Crippen molar-refractivity contribution in [3.8, 4) is 0 Å². The molecule has 0 bridgehead atoms. The van der Waals surface area contributed by atoms with Gasteiger partial charge in [-0.3, -0.25) is 9.59 Å². The monoisotopic (exact) mass is 334 g/mol. The van der Waals surface area contributed by atoms with E-state index in [0.717, 1.165) is 11.1 Å². The van der Waals surface area contributed by atoms with Gasteiger partial charge in [-0.2, -0.15) is 0 Å². The van der Waals surface area contributed by atoms with Gasteiger partial charge in [0, 0.05) is 13.5 Å². The molecule has 0 aliphatic carbocycles. The molecule has 2 rings (SSSR count). The minimum Gasteiger partial charge on any atom is -0.479 e. The molecule has 1 aliphatic heterocycles. The minimum atomic E-state index is -1.08. The summed E-state index contributed by atoms with van der Waals surface area (Å²) in [6.45, 7) is 3.93. The number of hydrogen-bond donors (Lipinski definition) is 2. The van der Waals surface area contributed by atoms with Crippen LogP contribution in [0.5, 0.6) is 0 Å². The van der Waals surface area contributed by atoms with Gasteiger partial charge < -0.3 is 20.1 Å².